The summed E-state index contributed by atoms with van der Waals surface area (Å²) in [5.74, 6) is -0.680. The van der Waals surface area contributed by atoms with Gasteiger partial charge in [-0.05, 0) is 0 Å². The highest BCUT2D eigenvalue weighted by atomic mass is 32.2. The van der Waals surface area contributed by atoms with E-state index in [0.29, 0.717) is 5.56 Å². The van der Waals surface area contributed by atoms with Gasteiger partial charge in [0, 0.05) is 5.56 Å². The molecule has 78 valence electrons. The van der Waals surface area contributed by atoms with Gasteiger partial charge in [-0.2, -0.15) is 0 Å². The maximum Gasteiger partial charge on any atom is 0.371 e. The molecule has 0 saturated heterocycles. The van der Waals surface area contributed by atoms with Crippen LogP contribution in [0.4, 0.5) is 0 Å². The fourth-order valence-corrected chi connectivity index (χ4v) is 2.17. The standard InChI is InChI=1S/C9H8N2O3S/c12-7-9(13)15(14)8(11-10-7)6-4-2-1-3-5-6/h1-5,8,12-13H. The topological polar surface area (TPSA) is 88.2 Å². The Hall–Kier alpha value is -1.53. The number of hydrogen-bond donors (Lipinski definition) is 2. The first-order chi connectivity index (χ1) is 7.20. The van der Waals surface area contributed by atoms with Crippen LogP contribution in [0.2, 0.25) is 0 Å². The lowest BCUT2D eigenvalue weighted by atomic mass is 10.2. The van der Waals surface area contributed by atoms with Crippen LogP contribution in [-0.2, 0) is 11.2 Å². The summed E-state index contributed by atoms with van der Waals surface area (Å²) in [7, 11) is 0. The van der Waals surface area contributed by atoms with Crippen LogP contribution < -0.4 is 0 Å². The van der Waals surface area contributed by atoms with Crippen molar-refractivity contribution in [3.05, 3.63) is 46.9 Å². The van der Waals surface area contributed by atoms with Gasteiger partial charge in [-0.25, -0.2) is 0 Å². The molecule has 2 rings (SSSR count). The normalized spacial score (nSPS) is 25.7. The molecule has 0 aliphatic carbocycles. The molecule has 2 unspecified atom stereocenters. The van der Waals surface area contributed by atoms with Crippen molar-refractivity contribution in [3.8, 4) is 0 Å². The van der Waals surface area contributed by atoms with Crippen molar-refractivity contribution in [1.29, 1.82) is 0 Å². The third-order valence-corrected chi connectivity index (χ3v) is 3.26. The first-order valence-electron chi connectivity index (χ1n) is 4.18. The lowest BCUT2D eigenvalue weighted by Crippen LogP contribution is -2.17. The minimum absolute atomic E-state index is 0.626. The van der Waals surface area contributed by atoms with E-state index in [4.69, 9.17) is 5.11 Å². The van der Waals surface area contributed by atoms with Crippen LogP contribution >= 0.6 is 0 Å². The van der Waals surface area contributed by atoms with Gasteiger partial charge in [0.25, 0.3) is 5.37 Å². The van der Waals surface area contributed by atoms with Crippen LogP contribution in [0.3, 0.4) is 0 Å². The zero-order chi connectivity index (χ0) is 10.8. The number of benzene rings is 1. The molecule has 0 saturated carbocycles. The molecule has 1 aliphatic heterocycles. The summed E-state index contributed by atoms with van der Waals surface area (Å²) in [6, 6.07) is 8.84. The number of aliphatic hydroxyl groups is 2. The van der Waals surface area contributed by atoms with E-state index in [2.05, 4.69) is 10.2 Å². The van der Waals surface area contributed by atoms with Crippen LogP contribution in [0.1, 0.15) is 10.9 Å². The average molecular weight is 224 g/mol. The van der Waals surface area contributed by atoms with Gasteiger partial charge in [0.05, 0.1) is 11.2 Å². The predicted octanol–water partition coefficient (Wildman–Crippen LogP) is 2.14. The van der Waals surface area contributed by atoms with Crippen LogP contribution in [0.25, 0.3) is 0 Å². The molecule has 1 aromatic rings. The average Bonchev–Trinajstić information content (AvgIpc) is 2.27. The molecule has 0 aromatic heterocycles. The zero-order valence-corrected chi connectivity index (χ0v) is 8.39. The number of azo groups is 1. The minimum Gasteiger partial charge on any atom is -0.607 e. The molecule has 15 heavy (non-hydrogen) atoms. The van der Waals surface area contributed by atoms with E-state index in [1.807, 2.05) is 6.07 Å². The van der Waals surface area contributed by atoms with E-state index >= 15 is 0 Å². The molecule has 1 aliphatic rings. The Labute approximate surface area is 89.0 Å². The Morgan fingerprint density at radius 2 is 1.87 bits per heavy atom. The Bertz CT molecular complexity index is 419. The van der Waals surface area contributed by atoms with E-state index in [9.17, 15) is 9.66 Å². The smallest absolute Gasteiger partial charge is 0.371 e. The molecular weight excluding hydrogens is 216 g/mol. The summed E-state index contributed by atoms with van der Waals surface area (Å²) >= 11 is -1.78. The second-order valence-electron chi connectivity index (χ2n) is 2.90. The highest BCUT2D eigenvalue weighted by molar-refractivity contribution is 7.95. The third kappa shape index (κ3) is 1.81. The van der Waals surface area contributed by atoms with Gasteiger partial charge < -0.3 is 14.8 Å². The first kappa shape index (κ1) is 10.0. The van der Waals surface area contributed by atoms with Crippen molar-refractivity contribution in [2.75, 3.05) is 0 Å². The molecule has 5 nitrogen and oxygen atoms in total. The van der Waals surface area contributed by atoms with E-state index in [-0.39, 0.29) is 0 Å². The van der Waals surface area contributed by atoms with Gasteiger partial charge in [-0.1, -0.05) is 30.3 Å². The Morgan fingerprint density at radius 1 is 1.20 bits per heavy atom. The predicted molar refractivity (Wildman–Crippen MR) is 54.5 cm³/mol. The highest BCUT2D eigenvalue weighted by Crippen LogP contribution is 2.33. The lowest BCUT2D eigenvalue weighted by Gasteiger charge is -2.18. The molecule has 0 radical (unpaired) electrons. The number of nitrogens with zero attached hydrogens (tertiary/aromatic N) is 2. The van der Waals surface area contributed by atoms with Gasteiger partial charge in [-0.3, -0.25) is 0 Å². The summed E-state index contributed by atoms with van der Waals surface area (Å²) in [6.07, 6.45) is 0. The molecule has 1 heterocycles. The van der Waals surface area contributed by atoms with Crippen molar-refractivity contribution < 1.29 is 14.8 Å². The van der Waals surface area contributed by atoms with Crippen molar-refractivity contribution in [2.24, 2.45) is 10.2 Å². The summed E-state index contributed by atoms with van der Waals surface area (Å²) in [4.78, 5) is 0. The number of aliphatic hydroxyl groups excluding tert-OH is 2. The largest absolute Gasteiger partial charge is 0.607 e. The Morgan fingerprint density at radius 3 is 2.53 bits per heavy atom. The molecule has 0 bridgehead atoms. The number of rotatable bonds is 1. The fourth-order valence-electron chi connectivity index (χ4n) is 1.20. The fraction of sp³-hybridized carbons (Fsp3) is 0.111. The number of hydrogen-bond acceptors (Lipinski definition) is 5. The van der Waals surface area contributed by atoms with Gasteiger partial charge >= 0.3 is 11.0 Å². The van der Waals surface area contributed by atoms with Gasteiger partial charge in [0.15, 0.2) is 0 Å². The van der Waals surface area contributed by atoms with Crippen molar-refractivity contribution in [3.63, 3.8) is 0 Å². The first-order valence-corrected chi connectivity index (χ1v) is 5.40. The molecule has 2 N–H and O–H groups in total. The second-order valence-corrected chi connectivity index (χ2v) is 4.33. The summed E-state index contributed by atoms with van der Waals surface area (Å²) < 4.78 is 11.6. The Balaban J connectivity index is 2.32. The van der Waals surface area contributed by atoms with Crippen LogP contribution in [0.5, 0.6) is 0 Å². The quantitative estimate of drug-likeness (QED) is 0.716. The van der Waals surface area contributed by atoms with Crippen molar-refractivity contribution in [1.82, 2.24) is 0 Å². The molecule has 1 aromatic carbocycles. The Kier molecular flexibility index (Phi) is 2.61. The van der Waals surface area contributed by atoms with E-state index in [0.717, 1.165) is 0 Å². The van der Waals surface area contributed by atoms with Crippen molar-refractivity contribution in [2.45, 2.75) is 5.37 Å². The van der Waals surface area contributed by atoms with Crippen LogP contribution in [0, 0.1) is 0 Å². The van der Waals surface area contributed by atoms with Gasteiger partial charge in [0.2, 0.25) is 0 Å². The van der Waals surface area contributed by atoms with E-state index in [1.165, 1.54) is 0 Å². The van der Waals surface area contributed by atoms with E-state index in [1.54, 1.807) is 24.3 Å². The monoisotopic (exact) mass is 224 g/mol. The maximum atomic E-state index is 11.6. The van der Waals surface area contributed by atoms with Crippen LogP contribution in [0.15, 0.2) is 51.5 Å². The summed E-state index contributed by atoms with van der Waals surface area (Å²) in [5, 5.41) is 23.9. The molecular formula is C9H8N2O3S. The lowest BCUT2D eigenvalue weighted by molar-refractivity contribution is 0.329. The van der Waals surface area contributed by atoms with Crippen molar-refractivity contribution >= 4 is 11.2 Å². The minimum atomic E-state index is -1.78. The van der Waals surface area contributed by atoms with Gasteiger partial charge in [0.1, 0.15) is 0 Å². The van der Waals surface area contributed by atoms with Crippen LogP contribution in [-0.4, -0.2) is 14.8 Å². The zero-order valence-electron chi connectivity index (χ0n) is 7.57. The molecule has 0 spiro atoms. The maximum absolute atomic E-state index is 11.6. The molecule has 2 atom stereocenters. The SMILES string of the molecule is [O-][S+]1C(O)=C(O)N=NC1c1ccccc1. The molecule has 0 fully saturated rings. The molecule has 0 amide bonds. The highest BCUT2D eigenvalue weighted by Gasteiger charge is 2.35. The van der Waals surface area contributed by atoms with E-state index < -0.39 is 27.5 Å². The third-order valence-electron chi connectivity index (χ3n) is 1.93. The molecule has 6 heteroatoms. The summed E-state index contributed by atoms with van der Waals surface area (Å²) in [6.45, 7) is 0. The second kappa shape index (κ2) is 3.92. The summed E-state index contributed by atoms with van der Waals surface area (Å²) in [5.41, 5.74) is 0.679. The van der Waals surface area contributed by atoms with Gasteiger partial charge in [-0.15, -0.1) is 10.2 Å².